The second-order valence-corrected chi connectivity index (χ2v) is 9.66. The zero-order chi connectivity index (χ0) is 23.2. The van der Waals surface area contributed by atoms with Gasteiger partial charge in [0.05, 0.1) is 11.4 Å². The summed E-state index contributed by atoms with van der Waals surface area (Å²) in [5.41, 5.74) is 8.87. The van der Waals surface area contributed by atoms with Gasteiger partial charge in [-0.3, -0.25) is 8.97 Å². The van der Waals surface area contributed by atoms with Gasteiger partial charge in [-0.05, 0) is 69.5 Å². The van der Waals surface area contributed by atoms with Crippen LogP contribution in [-0.4, -0.2) is 20.5 Å². The molecule has 1 unspecified atom stereocenters. The van der Waals surface area contributed by atoms with Crippen LogP contribution in [0.4, 0.5) is 13.2 Å². The van der Waals surface area contributed by atoms with Gasteiger partial charge in [0.1, 0.15) is 5.15 Å². The molecule has 174 valence electrons. The zero-order valence-corrected chi connectivity index (χ0v) is 19.5. The lowest BCUT2D eigenvalue weighted by molar-refractivity contribution is -0.141. The third-order valence-electron chi connectivity index (χ3n) is 6.51. The lowest BCUT2D eigenvalue weighted by Gasteiger charge is -2.17. The summed E-state index contributed by atoms with van der Waals surface area (Å²) in [4.78, 5) is 4.09. The Kier molecular flexibility index (Phi) is 6.34. The first-order valence-corrected chi connectivity index (χ1v) is 11.6. The van der Waals surface area contributed by atoms with Gasteiger partial charge >= 0.3 is 6.18 Å². The molecule has 8 heteroatoms. The van der Waals surface area contributed by atoms with Gasteiger partial charge in [0, 0.05) is 6.20 Å². The predicted molar refractivity (Wildman–Crippen MR) is 122 cm³/mol. The molecule has 1 aromatic carbocycles. The fourth-order valence-electron chi connectivity index (χ4n) is 4.90. The lowest BCUT2D eigenvalue weighted by atomic mass is 9.92. The molecule has 2 heterocycles. The molecule has 0 aliphatic heterocycles. The molecule has 0 saturated heterocycles. The SMILES string of the molecule is Cc1cc(C)c(-n2c(Cl)cn3c(CC(CCN)CCC4CC4)c(C(F)(F)F)nc23)c(C)c1. The average Bonchev–Trinajstić information content (AvgIpc) is 3.37. The van der Waals surface area contributed by atoms with Crippen LogP contribution in [0.2, 0.25) is 5.15 Å². The second-order valence-electron chi connectivity index (χ2n) is 9.28. The smallest absolute Gasteiger partial charge is 0.330 e. The van der Waals surface area contributed by atoms with Gasteiger partial charge < -0.3 is 5.73 Å². The summed E-state index contributed by atoms with van der Waals surface area (Å²) >= 11 is 6.58. The van der Waals surface area contributed by atoms with Gasteiger partial charge in [-0.15, -0.1) is 0 Å². The van der Waals surface area contributed by atoms with E-state index >= 15 is 0 Å². The summed E-state index contributed by atoms with van der Waals surface area (Å²) in [6.45, 7) is 6.32. The van der Waals surface area contributed by atoms with E-state index in [-0.39, 0.29) is 23.8 Å². The monoisotopic (exact) mass is 466 g/mol. The van der Waals surface area contributed by atoms with E-state index in [1.165, 1.54) is 17.2 Å². The Hall–Kier alpha value is -1.99. The van der Waals surface area contributed by atoms with Crippen LogP contribution in [0.5, 0.6) is 0 Å². The fraction of sp³-hybridized carbons (Fsp3) is 0.542. The molecule has 0 bridgehead atoms. The van der Waals surface area contributed by atoms with Crippen LogP contribution in [0.25, 0.3) is 11.5 Å². The van der Waals surface area contributed by atoms with Crippen LogP contribution >= 0.6 is 11.6 Å². The van der Waals surface area contributed by atoms with E-state index in [4.69, 9.17) is 17.3 Å². The number of halogens is 4. The largest absolute Gasteiger partial charge is 0.435 e. The van der Waals surface area contributed by atoms with Crippen molar-refractivity contribution in [3.63, 3.8) is 0 Å². The van der Waals surface area contributed by atoms with Crippen LogP contribution < -0.4 is 5.73 Å². The average molecular weight is 467 g/mol. The second kappa shape index (κ2) is 8.75. The minimum atomic E-state index is -4.54. The van der Waals surface area contributed by atoms with Gasteiger partial charge in [-0.2, -0.15) is 13.2 Å². The van der Waals surface area contributed by atoms with E-state index in [0.717, 1.165) is 41.1 Å². The molecule has 2 N–H and O–H groups in total. The summed E-state index contributed by atoms with van der Waals surface area (Å²) in [6.07, 6.45) is 2.40. The molecule has 1 fully saturated rings. The first kappa shape index (κ1) is 23.2. The molecule has 3 aromatic rings. The van der Waals surface area contributed by atoms with E-state index in [2.05, 4.69) is 4.98 Å². The Morgan fingerprint density at radius 2 is 1.81 bits per heavy atom. The van der Waals surface area contributed by atoms with Crippen molar-refractivity contribution in [2.75, 3.05) is 6.54 Å². The molecular weight excluding hydrogens is 437 g/mol. The number of aryl methyl sites for hydroxylation is 3. The van der Waals surface area contributed by atoms with Crippen molar-refractivity contribution >= 4 is 17.4 Å². The number of fused-ring (bicyclic) bond motifs is 1. The molecule has 1 atom stereocenters. The fourth-order valence-corrected chi connectivity index (χ4v) is 5.15. The summed E-state index contributed by atoms with van der Waals surface area (Å²) in [6, 6.07) is 4.00. The molecule has 4 rings (SSSR count). The third-order valence-corrected chi connectivity index (χ3v) is 6.77. The van der Waals surface area contributed by atoms with Crippen LogP contribution in [-0.2, 0) is 12.6 Å². The first-order chi connectivity index (χ1) is 15.1. The van der Waals surface area contributed by atoms with Crippen molar-refractivity contribution in [2.24, 2.45) is 17.6 Å². The van der Waals surface area contributed by atoms with E-state index in [1.807, 2.05) is 32.9 Å². The predicted octanol–water partition coefficient (Wildman–Crippen LogP) is 6.42. The molecule has 0 amide bonds. The van der Waals surface area contributed by atoms with Gasteiger partial charge in [0.15, 0.2) is 5.69 Å². The Morgan fingerprint density at radius 1 is 1.16 bits per heavy atom. The maximum atomic E-state index is 14.0. The van der Waals surface area contributed by atoms with Crippen molar-refractivity contribution in [1.82, 2.24) is 14.0 Å². The highest BCUT2D eigenvalue weighted by molar-refractivity contribution is 6.30. The van der Waals surface area contributed by atoms with Crippen molar-refractivity contribution in [3.05, 3.63) is 51.6 Å². The Labute approximate surface area is 191 Å². The number of rotatable bonds is 8. The Balaban J connectivity index is 1.83. The maximum Gasteiger partial charge on any atom is 0.435 e. The Bertz CT molecular complexity index is 1100. The molecule has 0 spiro atoms. The van der Waals surface area contributed by atoms with Crippen molar-refractivity contribution < 1.29 is 13.2 Å². The minimum absolute atomic E-state index is 0.0894. The maximum absolute atomic E-state index is 14.0. The van der Waals surface area contributed by atoms with E-state index < -0.39 is 11.9 Å². The molecule has 1 aliphatic carbocycles. The summed E-state index contributed by atoms with van der Waals surface area (Å²) in [5, 5.41) is 0.339. The highest BCUT2D eigenvalue weighted by Crippen LogP contribution is 2.39. The lowest BCUT2D eigenvalue weighted by Crippen LogP contribution is -2.16. The number of benzene rings is 1. The molecule has 0 radical (unpaired) electrons. The van der Waals surface area contributed by atoms with Gasteiger partial charge in [-0.1, -0.05) is 48.6 Å². The summed E-state index contributed by atoms with van der Waals surface area (Å²) in [7, 11) is 0. The Morgan fingerprint density at radius 3 is 2.38 bits per heavy atom. The number of alkyl halides is 3. The minimum Gasteiger partial charge on any atom is -0.330 e. The van der Waals surface area contributed by atoms with Crippen molar-refractivity contribution in [1.29, 1.82) is 0 Å². The van der Waals surface area contributed by atoms with Crippen molar-refractivity contribution in [3.8, 4) is 5.69 Å². The van der Waals surface area contributed by atoms with Crippen molar-refractivity contribution in [2.45, 2.75) is 65.5 Å². The topological polar surface area (TPSA) is 48.2 Å². The number of aromatic nitrogens is 3. The molecular formula is C24H30ClF3N4. The van der Waals surface area contributed by atoms with Crippen LogP contribution in [0, 0.1) is 32.6 Å². The number of hydrogen-bond acceptors (Lipinski definition) is 2. The molecule has 4 nitrogen and oxygen atoms in total. The third kappa shape index (κ3) is 4.55. The molecule has 1 saturated carbocycles. The van der Waals surface area contributed by atoms with E-state index in [9.17, 15) is 13.2 Å². The van der Waals surface area contributed by atoms with Gasteiger partial charge in [-0.25, -0.2) is 4.98 Å². The first-order valence-electron chi connectivity index (χ1n) is 11.2. The van der Waals surface area contributed by atoms with Crippen LogP contribution in [0.1, 0.15) is 60.2 Å². The van der Waals surface area contributed by atoms with Gasteiger partial charge in [0.2, 0.25) is 5.78 Å². The number of nitrogens with zero attached hydrogens (tertiary/aromatic N) is 3. The normalized spacial score (nSPS) is 15.6. The van der Waals surface area contributed by atoms with Crippen LogP contribution in [0.15, 0.2) is 18.3 Å². The summed E-state index contributed by atoms with van der Waals surface area (Å²) < 4.78 is 45.2. The van der Waals surface area contributed by atoms with Crippen LogP contribution in [0.3, 0.4) is 0 Å². The van der Waals surface area contributed by atoms with Gasteiger partial charge in [0.25, 0.3) is 0 Å². The zero-order valence-electron chi connectivity index (χ0n) is 18.8. The molecule has 1 aliphatic rings. The number of nitrogens with two attached hydrogens (primary N) is 1. The van der Waals surface area contributed by atoms with E-state index in [1.54, 1.807) is 10.8 Å². The highest BCUT2D eigenvalue weighted by Gasteiger charge is 2.39. The molecule has 32 heavy (non-hydrogen) atoms. The molecule has 2 aromatic heterocycles. The number of imidazole rings is 2. The summed E-state index contributed by atoms with van der Waals surface area (Å²) in [5.74, 6) is 1.01. The van der Waals surface area contributed by atoms with E-state index in [0.29, 0.717) is 18.1 Å². The highest BCUT2D eigenvalue weighted by atomic mass is 35.5. The number of hydrogen-bond donors (Lipinski definition) is 1. The quantitative estimate of drug-likeness (QED) is 0.416. The standard InChI is InChI=1S/C24H30ClF3N4/c1-14-10-15(2)21(16(3)11-14)32-20(25)13-31-19(22(24(26,27)28)30-23(31)32)12-18(8-9-29)7-6-17-4-5-17/h10-11,13,17-18H,4-9,12,29H2,1-3H3.